The summed E-state index contributed by atoms with van der Waals surface area (Å²) in [5.41, 5.74) is 6.52. The Morgan fingerprint density at radius 1 is 0.894 bits per heavy atom. The molecule has 2 amide bonds. The van der Waals surface area contributed by atoms with E-state index in [1.54, 1.807) is 4.90 Å². The normalized spacial score (nSPS) is 19.7. The van der Waals surface area contributed by atoms with Gasteiger partial charge in [-0.15, -0.1) is 0 Å². The third-order valence-corrected chi connectivity index (χ3v) is 8.73. The number of allylic oxidation sites excluding steroid dienone is 1. The number of H-pyrrole nitrogens is 1. The van der Waals surface area contributed by atoms with Crippen molar-refractivity contribution in [2.45, 2.75) is 103 Å². The van der Waals surface area contributed by atoms with E-state index in [9.17, 15) is 9.59 Å². The Labute approximate surface area is 278 Å². The molecule has 1 N–H and O–H groups in total. The first kappa shape index (κ1) is 32.5. The summed E-state index contributed by atoms with van der Waals surface area (Å²) in [4.78, 5) is 42.3. The summed E-state index contributed by atoms with van der Waals surface area (Å²) in [6, 6.07) is 14.8. The van der Waals surface area contributed by atoms with Gasteiger partial charge in [-0.25, -0.2) is 14.6 Å². The van der Waals surface area contributed by atoms with Gasteiger partial charge in [-0.3, -0.25) is 14.8 Å². The second-order valence-corrected chi connectivity index (χ2v) is 14.8. The molecule has 0 spiro atoms. The number of carbonyl (C=O) groups excluding carboxylic acids is 2. The molecule has 3 aliphatic rings. The number of aromatic amines is 1. The molecule has 2 aromatic carbocycles. The maximum absolute atomic E-state index is 12.8. The number of nitrogens with one attached hydrogen (secondary N) is 1. The van der Waals surface area contributed by atoms with Crippen molar-refractivity contribution in [2.24, 2.45) is 4.99 Å². The van der Waals surface area contributed by atoms with Crippen LogP contribution in [0.1, 0.15) is 95.8 Å². The number of benzene rings is 2. The Balaban J connectivity index is 1.05. The number of aromatic nitrogens is 2. The molecule has 0 radical (unpaired) electrons. The predicted octanol–water partition coefficient (Wildman–Crippen LogP) is 8.43. The molecular weight excluding hydrogens is 590 g/mol. The topological polar surface area (TPSA) is 100 Å². The van der Waals surface area contributed by atoms with Crippen LogP contribution >= 0.6 is 0 Å². The van der Waals surface area contributed by atoms with E-state index in [-0.39, 0.29) is 24.3 Å². The standard InChI is InChI=1S/C38H47N5O4/c1-37(2,3)46-35(44)42-20-8-12-32(42)30-23-28-19-16-26(22-29(28)40-30)11-7-10-25-14-17-27(18-15-25)31-24-39-34(41-31)33-13-9-21-43(33)36(45)47-38(4,5)6/h7,11,14-19,22,24,32-33H,8-10,12-13,20-21,23H2,1-6H3,(H,39,41)/t32-,33?/m0/s1. The minimum Gasteiger partial charge on any atom is -0.444 e. The summed E-state index contributed by atoms with van der Waals surface area (Å²) in [7, 11) is 0. The SMILES string of the molecule is CC(C)(C)OC(=O)N1CCCC1c1ncc(-c2ccc(CC=Cc3ccc4c(c3)N=C([C@@H]3CCCN3C(=O)OC(C)(C)C)C4)cc2)[nH]1. The van der Waals surface area contributed by atoms with E-state index in [1.165, 1.54) is 11.1 Å². The Kier molecular flexibility index (Phi) is 9.01. The molecule has 3 aromatic rings. The molecule has 1 aromatic heterocycles. The minimum absolute atomic E-state index is 0.00203. The molecule has 2 fully saturated rings. The molecular formula is C38H47N5O4. The van der Waals surface area contributed by atoms with Crippen LogP contribution in [0.5, 0.6) is 0 Å². The number of nitrogens with zero attached hydrogens (tertiary/aromatic N) is 4. The van der Waals surface area contributed by atoms with Gasteiger partial charge in [0.05, 0.1) is 29.7 Å². The van der Waals surface area contributed by atoms with Crippen molar-refractivity contribution < 1.29 is 19.1 Å². The molecule has 9 nitrogen and oxygen atoms in total. The Bertz CT molecular complexity index is 1670. The maximum Gasteiger partial charge on any atom is 0.410 e. The third kappa shape index (κ3) is 7.77. The van der Waals surface area contributed by atoms with Crippen LogP contribution in [-0.2, 0) is 22.3 Å². The first-order chi connectivity index (χ1) is 22.3. The van der Waals surface area contributed by atoms with E-state index < -0.39 is 11.2 Å². The van der Waals surface area contributed by atoms with Gasteiger partial charge in [0.1, 0.15) is 17.0 Å². The fraction of sp³-hybridized carbons (Fsp3) is 0.474. The number of carbonyl (C=O) groups is 2. The van der Waals surface area contributed by atoms with Gasteiger partial charge in [0, 0.05) is 25.2 Å². The average molecular weight is 638 g/mol. The number of hydrogen-bond acceptors (Lipinski definition) is 6. The molecule has 3 aliphatic heterocycles. The number of fused-ring (bicyclic) bond motifs is 1. The Morgan fingerprint density at radius 2 is 1.53 bits per heavy atom. The Morgan fingerprint density at radius 3 is 2.19 bits per heavy atom. The number of ether oxygens (including phenoxy) is 2. The lowest BCUT2D eigenvalue weighted by atomic mass is 10.0. The van der Waals surface area contributed by atoms with Crippen LogP contribution < -0.4 is 0 Å². The van der Waals surface area contributed by atoms with E-state index in [1.807, 2.05) is 52.6 Å². The van der Waals surface area contributed by atoms with E-state index in [4.69, 9.17) is 14.5 Å². The average Bonchev–Trinajstić information content (AvgIpc) is 3.81. The first-order valence-electron chi connectivity index (χ1n) is 16.8. The summed E-state index contributed by atoms with van der Waals surface area (Å²) in [6.45, 7) is 12.8. The minimum atomic E-state index is -0.529. The van der Waals surface area contributed by atoms with Crippen LogP contribution in [0.15, 0.2) is 59.7 Å². The Hall–Kier alpha value is -4.40. The lowest BCUT2D eigenvalue weighted by Gasteiger charge is -2.28. The van der Waals surface area contributed by atoms with Crippen molar-refractivity contribution in [3.8, 4) is 11.3 Å². The molecule has 2 atom stereocenters. The summed E-state index contributed by atoms with van der Waals surface area (Å²) in [5.74, 6) is 0.796. The van der Waals surface area contributed by atoms with Gasteiger partial charge < -0.3 is 14.5 Å². The summed E-state index contributed by atoms with van der Waals surface area (Å²) >= 11 is 0. The monoisotopic (exact) mass is 637 g/mol. The van der Waals surface area contributed by atoms with Crippen molar-refractivity contribution in [1.82, 2.24) is 19.8 Å². The maximum atomic E-state index is 12.8. The van der Waals surface area contributed by atoms with E-state index in [2.05, 4.69) is 64.6 Å². The quantitative estimate of drug-likeness (QED) is 0.292. The zero-order valence-electron chi connectivity index (χ0n) is 28.5. The molecule has 9 heteroatoms. The highest BCUT2D eigenvalue weighted by atomic mass is 16.6. The van der Waals surface area contributed by atoms with Gasteiger partial charge in [0.15, 0.2) is 0 Å². The lowest BCUT2D eigenvalue weighted by molar-refractivity contribution is 0.0216. The van der Waals surface area contributed by atoms with Crippen LogP contribution in [0.2, 0.25) is 0 Å². The second kappa shape index (κ2) is 13.0. The van der Waals surface area contributed by atoms with Gasteiger partial charge in [-0.1, -0.05) is 48.6 Å². The molecule has 0 saturated carbocycles. The van der Waals surface area contributed by atoms with Crippen LogP contribution in [0.25, 0.3) is 17.3 Å². The van der Waals surface area contributed by atoms with Gasteiger partial charge in [-0.2, -0.15) is 0 Å². The number of hydrogen-bond donors (Lipinski definition) is 1. The van der Waals surface area contributed by atoms with Gasteiger partial charge >= 0.3 is 12.2 Å². The number of likely N-dealkylation sites (tertiary alicyclic amines) is 2. The number of amides is 2. The number of imidazole rings is 1. The largest absolute Gasteiger partial charge is 0.444 e. The van der Waals surface area contributed by atoms with Crippen LogP contribution in [0.4, 0.5) is 15.3 Å². The predicted molar refractivity (Wildman–Crippen MR) is 185 cm³/mol. The van der Waals surface area contributed by atoms with Gasteiger partial charge in [0.25, 0.3) is 0 Å². The molecule has 0 aliphatic carbocycles. The molecule has 248 valence electrons. The van der Waals surface area contributed by atoms with Crippen molar-refractivity contribution in [3.05, 3.63) is 77.3 Å². The number of aliphatic imine (C=N–C) groups is 1. The van der Waals surface area contributed by atoms with Crippen LogP contribution in [0, 0.1) is 0 Å². The van der Waals surface area contributed by atoms with Crippen molar-refractivity contribution >= 4 is 29.7 Å². The van der Waals surface area contributed by atoms with E-state index in [0.29, 0.717) is 13.1 Å². The van der Waals surface area contributed by atoms with Gasteiger partial charge in [-0.05, 0) is 102 Å². The zero-order valence-corrected chi connectivity index (χ0v) is 28.5. The zero-order chi connectivity index (χ0) is 33.3. The molecule has 6 rings (SSSR count). The summed E-state index contributed by atoms with van der Waals surface area (Å²) in [5, 5.41) is 0. The second-order valence-electron chi connectivity index (χ2n) is 14.8. The summed E-state index contributed by atoms with van der Waals surface area (Å²) in [6.07, 6.45) is 10.9. The lowest BCUT2D eigenvalue weighted by Crippen LogP contribution is -2.43. The molecule has 0 bridgehead atoms. The van der Waals surface area contributed by atoms with Crippen LogP contribution in [-0.4, -0.2) is 68.0 Å². The van der Waals surface area contributed by atoms with Crippen molar-refractivity contribution in [2.75, 3.05) is 13.1 Å². The molecule has 1 unspecified atom stereocenters. The first-order valence-corrected chi connectivity index (χ1v) is 16.8. The van der Waals surface area contributed by atoms with Crippen molar-refractivity contribution in [3.63, 3.8) is 0 Å². The van der Waals surface area contributed by atoms with E-state index >= 15 is 0 Å². The van der Waals surface area contributed by atoms with Gasteiger partial charge in [0.2, 0.25) is 0 Å². The number of rotatable bonds is 6. The fourth-order valence-corrected chi connectivity index (χ4v) is 6.57. The highest BCUT2D eigenvalue weighted by Crippen LogP contribution is 2.34. The van der Waals surface area contributed by atoms with Crippen LogP contribution in [0.3, 0.4) is 0 Å². The third-order valence-electron chi connectivity index (χ3n) is 8.73. The highest BCUT2D eigenvalue weighted by Gasteiger charge is 2.37. The fourth-order valence-electron chi connectivity index (χ4n) is 6.57. The molecule has 4 heterocycles. The molecule has 2 saturated heterocycles. The summed E-state index contributed by atoms with van der Waals surface area (Å²) < 4.78 is 11.3. The molecule has 47 heavy (non-hydrogen) atoms. The van der Waals surface area contributed by atoms with Crippen molar-refractivity contribution in [1.29, 1.82) is 0 Å². The smallest absolute Gasteiger partial charge is 0.410 e. The highest BCUT2D eigenvalue weighted by molar-refractivity contribution is 5.99. The van der Waals surface area contributed by atoms with E-state index in [0.717, 1.165) is 72.6 Å².